The molecule has 2 heterocycles. The van der Waals surface area contributed by atoms with E-state index >= 15 is 0 Å². The first kappa shape index (κ1) is 22.2. The molecule has 0 radical (unpaired) electrons. The highest BCUT2D eigenvalue weighted by Gasteiger charge is 2.31. The van der Waals surface area contributed by atoms with Gasteiger partial charge in [-0.3, -0.25) is 9.00 Å². The van der Waals surface area contributed by atoms with Crippen molar-refractivity contribution in [1.29, 1.82) is 0 Å². The van der Waals surface area contributed by atoms with Gasteiger partial charge >= 0.3 is 0 Å². The monoisotopic (exact) mass is 452 g/mol. The summed E-state index contributed by atoms with van der Waals surface area (Å²) in [5, 5.41) is 4.23. The van der Waals surface area contributed by atoms with Crippen LogP contribution in [0.15, 0.2) is 60.9 Å². The molecule has 0 N–H and O–H groups in total. The zero-order valence-corrected chi connectivity index (χ0v) is 18.8. The highest BCUT2D eigenvalue weighted by atomic mass is 32.2. The first-order valence-corrected chi connectivity index (χ1v) is 12.0. The summed E-state index contributed by atoms with van der Waals surface area (Å²) >= 11 is -2.10. The molecule has 0 spiro atoms. The SMILES string of the molecule is CCCC(CCS(=O)[O-])Oc1cccc2c1C(=O)N(Cc1ccc(-n3cccn3)cc1)C2. The van der Waals surface area contributed by atoms with Gasteiger partial charge < -0.3 is 14.2 Å². The fourth-order valence-electron chi connectivity index (χ4n) is 4.00. The minimum absolute atomic E-state index is 0.0499. The number of rotatable bonds is 10. The second-order valence-electron chi connectivity index (χ2n) is 7.89. The molecule has 32 heavy (non-hydrogen) atoms. The van der Waals surface area contributed by atoms with Crippen LogP contribution in [-0.2, 0) is 24.2 Å². The second-order valence-corrected chi connectivity index (χ2v) is 8.91. The van der Waals surface area contributed by atoms with Gasteiger partial charge in [-0.15, -0.1) is 0 Å². The lowest BCUT2D eigenvalue weighted by atomic mass is 10.1. The number of hydrogen-bond acceptors (Lipinski definition) is 5. The van der Waals surface area contributed by atoms with E-state index in [0.717, 1.165) is 29.7 Å². The third-order valence-corrected chi connectivity index (χ3v) is 6.13. The van der Waals surface area contributed by atoms with Gasteiger partial charge in [0.1, 0.15) is 5.75 Å². The van der Waals surface area contributed by atoms with Gasteiger partial charge in [-0.05, 0) is 48.2 Å². The van der Waals surface area contributed by atoms with Crippen LogP contribution in [0, 0.1) is 0 Å². The van der Waals surface area contributed by atoms with Crippen molar-refractivity contribution >= 4 is 17.0 Å². The quantitative estimate of drug-likeness (QED) is 0.436. The molecule has 0 fully saturated rings. The van der Waals surface area contributed by atoms with Crippen LogP contribution in [0.2, 0.25) is 0 Å². The standard InChI is InChI=1S/C24H27N3O4S/c1-2-5-21(12-15-32(29)30)31-22-7-3-6-19-17-26(24(28)23(19)22)16-18-8-10-20(11-9-18)27-14-4-13-25-27/h3-4,6-11,13-14,21H,2,5,12,15-17H2,1H3,(H,29,30)/p-1. The summed E-state index contributed by atoms with van der Waals surface area (Å²) in [4.78, 5) is 15.0. The van der Waals surface area contributed by atoms with E-state index in [1.165, 1.54) is 0 Å². The summed E-state index contributed by atoms with van der Waals surface area (Å²) in [6, 6.07) is 15.5. The van der Waals surface area contributed by atoms with E-state index in [0.29, 0.717) is 30.8 Å². The van der Waals surface area contributed by atoms with E-state index in [-0.39, 0.29) is 17.8 Å². The molecule has 3 aromatic rings. The molecule has 7 nitrogen and oxygen atoms in total. The predicted molar refractivity (Wildman–Crippen MR) is 121 cm³/mol. The van der Waals surface area contributed by atoms with Crippen LogP contribution in [0.25, 0.3) is 5.69 Å². The topological polar surface area (TPSA) is 87.5 Å². The van der Waals surface area contributed by atoms with Gasteiger partial charge in [-0.2, -0.15) is 5.10 Å². The number of carbonyl (C=O) groups is 1. The Morgan fingerprint density at radius 3 is 2.66 bits per heavy atom. The van der Waals surface area contributed by atoms with Crippen LogP contribution < -0.4 is 4.74 Å². The summed E-state index contributed by atoms with van der Waals surface area (Å²) in [7, 11) is 0. The van der Waals surface area contributed by atoms with Crippen molar-refractivity contribution in [1.82, 2.24) is 14.7 Å². The van der Waals surface area contributed by atoms with Gasteiger partial charge in [0.25, 0.3) is 5.91 Å². The second kappa shape index (κ2) is 10.1. The first-order chi connectivity index (χ1) is 15.5. The average molecular weight is 453 g/mol. The molecule has 0 aliphatic carbocycles. The summed E-state index contributed by atoms with van der Waals surface area (Å²) < 4.78 is 29.9. The predicted octanol–water partition coefficient (Wildman–Crippen LogP) is 3.85. The lowest BCUT2D eigenvalue weighted by molar-refractivity contribution is 0.0760. The van der Waals surface area contributed by atoms with E-state index < -0.39 is 11.1 Å². The lowest BCUT2D eigenvalue weighted by Gasteiger charge is -2.21. The van der Waals surface area contributed by atoms with Crippen molar-refractivity contribution in [2.24, 2.45) is 0 Å². The number of hydrogen-bond donors (Lipinski definition) is 0. The largest absolute Gasteiger partial charge is 0.772 e. The number of aromatic nitrogens is 2. The molecule has 0 saturated carbocycles. The van der Waals surface area contributed by atoms with Crippen LogP contribution in [0.1, 0.15) is 47.7 Å². The van der Waals surface area contributed by atoms with Crippen LogP contribution in [0.5, 0.6) is 5.75 Å². The molecule has 2 aromatic carbocycles. The maximum absolute atomic E-state index is 13.2. The van der Waals surface area contributed by atoms with E-state index in [1.807, 2.05) is 60.5 Å². The summed E-state index contributed by atoms with van der Waals surface area (Å²) in [5.41, 5.74) is 3.52. The van der Waals surface area contributed by atoms with Crippen LogP contribution in [0.3, 0.4) is 0 Å². The molecule has 1 aliphatic heterocycles. The van der Waals surface area contributed by atoms with Gasteiger partial charge in [0.2, 0.25) is 0 Å². The Balaban J connectivity index is 1.47. The summed E-state index contributed by atoms with van der Waals surface area (Å²) in [6.45, 7) is 3.06. The Morgan fingerprint density at radius 2 is 1.97 bits per heavy atom. The number of amides is 1. The van der Waals surface area contributed by atoms with Crippen molar-refractivity contribution in [3.8, 4) is 11.4 Å². The average Bonchev–Trinajstić information content (AvgIpc) is 3.42. The Hall–Kier alpha value is -2.97. The molecular weight excluding hydrogens is 426 g/mol. The van der Waals surface area contributed by atoms with Gasteiger partial charge in [-0.1, -0.05) is 48.7 Å². The number of ether oxygens (including phenoxy) is 1. The van der Waals surface area contributed by atoms with E-state index in [1.54, 1.807) is 16.9 Å². The molecule has 168 valence electrons. The minimum Gasteiger partial charge on any atom is -0.772 e. The van der Waals surface area contributed by atoms with Crippen LogP contribution in [0.4, 0.5) is 0 Å². The number of carbonyl (C=O) groups excluding carboxylic acids is 1. The molecule has 0 bridgehead atoms. The van der Waals surface area contributed by atoms with E-state index in [9.17, 15) is 13.6 Å². The van der Waals surface area contributed by atoms with Crippen LogP contribution >= 0.6 is 0 Å². The fraction of sp³-hybridized carbons (Fsp3) is 0.333. The van der Waals surface area contributed by atoms with E-state index in [2.05, 4.69) is 5.10 Å². The maximum atomic E-state index is 13.2. The normalized spacial score (nSPS) is 14.9. The third kappa shape index (κ3) is 5.08. The van der Waals surface area contributed by atoms with Gasteiger partial charge in [0.15, 0.2) is 0 Å². The molecule has 2 unspecified atom stereocenters. The van der Waals surface area contributed by atoms with Crippen molar-refractivity contribution in [2.75, 3.05) is 5.75 Å². The molecule has 1 amide bonds. The lowest BCUT2D eigenvalue weighted by Crippen LogP contribution is -2.24. The number of benzene rings is 2. The fourth-order valence-corrected chi connectivity index (χ4v) is 4.46. The molecule has 8 heteroatoms. The zero-order chi connectivity index (χ0) is 22.5. The highest BCUT2D eigenvalue weighted by molar-refractivity contribution is 7.79. The smallest absolute Gasteiger partial charge is 0.258 e. The van der Waals surface area contributed by atoms with Crippen LogP contribution in [-0.4, -0.2) is 41.2 Å². The highest BCUT2D eigenvalue weighted by Crippen LogP contribution is 2.33. The van der Waals surface area contributed by atoms with Crippen molar-refractivity contribution < 1.29 is 18.3 Å². The summed E-state index contributed by atoms with van der Waals surface area (Å²) in [6.07, 6.45) is 5.41. The molecule has 1 aromatic heterocycles. The molecular formula is C24H26N3O4S-. The van der Waals surface area contributed by atoms with Gasteiger partial charge in [0.05, 0.1) is 17.4 Å². The van der Waals surface area contributed by atoms with Crippen molar-refractivity contribution in [2.45, 2.75) is 45.4 Å². The van der Waals surface area contributed by atoms with Crippen molar-refractivity contribution in [3.05, 3.63) is 77.6 Å². The van der Waals surface area contributed by atoms with Crippen molar-refractivity contribution in [3.63, 3.8) is 0 Å². The molecule has 0 saturated heterocycles. The Labute approximate surface area is 190 Å². The molecule has 2 atom stereocenters. The molecule has 1 aliphatic rings. The third-order valence-electron chi connectivity index (χ3n) is 5.56. The Morgan fingerprint density at radius 1 is 1.16 bits per heavy atom. The molecule has 4 rings (SSSR count). The van der Waals surface area contributed by atoms with E-state index in [4.69, 9.17) is 4.74 Å². The number of fused-ring (bicyclic) bond motifs is 1. The Bertz CT molecular complexity index is 1080. The first-order valence-electron chi connectivity index (χ1n) is 10.8. The maximum Gasteiger partial charge on any atom is 0.258 e. The summed E-state index contributed by atoms with van der Waals surface area (Å²) in [5.74, 6) is 0.530. The van der Waals surface area contributed by atoms with Gasteiger partial charge in [0, 0.05) is 31.2 Å². The zero-order valence-electron chi connectivity index (χ0n) is 18.0. The minimum atomic E-state index is -2.10. The number of nitrogens with zero attached hydrogens (tertiary/aromatic N) is 3. The Kier molecular flexibility index (Phi) is 7.02. The van der Waals surface area contributed by atoms with Gasteiger partial charge in [-0.25, -0.2) is 4.68 Å².